The third-order valence-electron chi connectivity index (χ3n) is 3.42. The van der Waals surface area contributed by atoms with Crippen molar-refractivity contribution in [3.05, 3.63) is 65.9 Å². The average molecular weight is 293 g/mol. The van der Waals surface area contributed by atoms with Gasteiger partial charge in [0.25, 0.3) is 0 Å². The molecule has 0 aliphatic rings. The van der Waals surface area contributed by atoms with Crippen LogP contribution in [0.25, 0.3) is 10.9 Å². The summed E-state index contributed by atoms with van der Waals surface area (Å²) in [5.74, 6) is 1.14. The zero-order valence-electron chi connectivity index (χ0n) is 12.2. The third kappa shape index (κ3) is 2.76. The van der Waals surface area contributed by atoms with Gasteiger partial charge in [0.05, 0.1) is 12.6 Å². The van der Waals surface area contributed by atoms with Crippen LogP contribution in [-0.4, -0.2) is 18.4 Å². The molecule has 1 heterocycles. The molecule has 0 N–H and O–H groups in total. The van der Waals surface area contributed by atoms with E-state index in [9.17, 15) is 4.79 Å². The van der Waals surface area contributed by atoms with E-state index < -0.39 is 0 Å². The second kappa shape index (κ2) is 6.26. The largest absolute Gasteiger partial charge is 0.493 e. The molecule has 0 saturated carbocycles. The van der Waals surface area contributed by atoms with Gasteiger partial charge in [-0.2, -0.15) is 0 Å². The number of aromatic nitrogens is 1. The van der Waals surface area contributed by atoms with Gasteiger partial charge in [0.2, 0.25) is 0 Å². The number of rotatable bonds is 5. The summed E-state index contributed by atoms with van der Waals surface area (Å²) in [7, 11) is 1.55. The van der Waals surface area contributed by atoms with E-state index in [1.807, 2.05) is 30.3 Å². The van der Waals surface area contributed by atoms with E-state index >= 15 is 0 Å². The van der Waals surface area contributed by atoms with Crippen LogP contribution in [0.4, 0.5) is 0 Å². The zero-order chi connectivity index (χ0) is 15.4. The molecule has 0 amide bonds. The number of carbonyl (C=O) groups excluding carboxylic acids is 1. The number of para-hydroxylation sites is 1. The molecule has 0 aliphatic heterocycles. The molecule has 22 heavy (non-hydrogen) atoms. The van der Waals surface area contributed by atoms with Crippen LogP contribution in [0.2, 0.25) is 0 Å². The molecule has 4 nitrogen and oxygen atoms in total. The van der Waals surface area contributed by atoms with E-state index in [0.717, 1.165) is 22.8 Å². The fourth-order valence-electron chi connectivity index (χ4n) is 2.32. The minimum atomic E-state index is 0.380. The van der Waals surface area contributed by atoms with Gasteiger partial charge in [-0.3, -0.25) is 9.78 Å². The van der Waals surface area contributed by atoms with Crippen molar-refractivity contribution in [2.75, 3.05) is 7.11 Å². The van der Waals surface area contributed by atoms with Crippen molar-refractivity contribution in [2.24, 2.45) is 0 Å². The van der Waals surface area contributed by atoms with Gasteiger partial charge in [-0.05, 0) is 24.3 Å². The van der Waals surface area contributed by atoms with E-state index in [1.165, 1.54) is 0 Å². The highest BCUT2D eigenvalue weighted by atomic mass is 16.5. The van der Waals surface area contributed by atoms with Crippen LogP contribution in [0.1, 0.15) is 15.9 Å². The van der Waals surface area contributed by atoms with Crippen LogP contribution in [0.3, 0.4) is 0 Å². The lowest BCUT2D eigenvalue weighted by molar-refractivity contribution is 0.112. The summed E-state index contributed by atoms with van der Waals surface area (Å²) in [5.41, 5.74) is 2.48. The first-order valence-corrected chi connectivity index (χ1v) is 6.90. The summed E-state index contributed by atoms with van der Waals surface area (Å²) in [6.07, 6.45) is 2.55. The molecule has 0 spiro atoms. The molecule has 0 radical (unpaired) electrons. The number of hydrogen-bond donors (Lipinski definition) is 0. The second-order valence-electron chi connectivity index (χ2n) is 4.81. The Labute approximate surface area is 128 Å². The number of methoxy groups -OCH3 is 1. The Bertz CT molecular complexity index is 809. The van der Waals surface area contributed by atoms with Crippen molar-refractivity contribution < 1.29 is 14.3 Å². The number of ether oxygens (including phenoxy) is 2. The van der Waals surface area contributed by atoms with E-state index in [4.69, 9.17) is 9.47 Å². The minimum Gasteiger partial charge on any atom is -0.493 e. The number of fused-ring (bicyclic) bond motifs is 1. The van der Waals surface area contributed by atoms with Gasteiger partial charge in [-0.1, -0.05) is 24.3 Å². The molecule has 2 aromatic carbocycles. The van der Waals surface area contributed by atoms with Crippen LogP contribution >= 0.6 is 0 Å². The number of aldehydes is 1. The van der Waals surface area contributed by atoms with Crippen LogP contribution in [0.5, 0.6) is 11.5 Å². The summed E-state index contributed by atoms with van der Waals surface area (Å²) in [4.78, 5) is 15.2. The van der Waals surface area contributed by atoms with Crippen molar-refractivity contribution in [1.82, 2.24) is 4.98 Å². The molecule has 0 aliphatic carbocycles. The smallest absolute Gasteiger partial charge is 0.161 e. The van der Waals surface area contributed by atoms with Crippen molar-refractivity contribution in [3.8, 4) is 11.5 Å². The first kappa shape index (κ1) is 14.1. The molecule has 4 heteroatoms. The Balaban J connectivity index is 1.87. The fraction of sp³-hybridized carbons (Fsp3) is 0.111. The molecule has 0 bridgehead atoms. The van der Waals surface area contributed by atoms with E-state index in [-0.39, 0.29) is 0 Å². The molecule has 3 rings (SSSR count). The Hall–Kier alpha value is -2.88. The molecule has 110 valence electrons. The topological polar surface area (TPSA) is 48.4 Å². The van der Waals surface area contributed by atoms with Gasteiger partial charge in [-0.15, -0.1) is 0 Å². The highest BCUT2D eigenvalue weighted by molar-refractivity contribution is 5.81. The Kier molecular flexibility index (Phi) is 4.01. The zero-order valence-corrected chi connectivity index (χ0v) is 12.2. The first-order valence-electron chi connectivity index (χ1n) is 6.90. The monoisotopic (exact) mass is 293 g/mol. The van der Waals surface area contributed by atoms with Gasteiger partial charge < -0.3 is 9.47 Å². The number of carbonyl (C=O) groups is 1. The van der Waals surface area contributed by atoms with Gasteiger partial charge in [0.15, 0.2) is 11.5 Å². The maximum atomic E-state index is 10.8. The van der Waals surface area contributed by atoms with Crippen molar-refractivity contribution in [3.63, 3.8) is 0 Å². The number of benzene rings is 2. The molecule has 0 unspecified atom stereocenters. The van der Waals surface area contributed by atoms with Gasteiger partial charge in [-0.25, -0.2) is 0 Å². The molecule has 1 aromatic heterocycles. The average Bonchev–Trinajstić information content (AvgIpc) is 2.59. The van der Waals surface area contributed by atoms with Gasteiger partial charge in [0, 0.05) is 22.7 Å². The predicted molar refractivity (Wildman–Crippen MR) is 84.5 cm³/mol. The Morgan fingerprint density at radius 2 is 1.95 bits per heavy atom. The summed E-state index contributed by atoms with van der Waals surface area (Å²) in [6, 6.07) is 15.0. The Morgan fingerprint density at radius 3 is 2.77 bits per heavy atom. The number of hydrogen-bond acceptors (Lipinski definition) is 4. The van der Waals surface area contributed by atoms with Crippen LogP contribution < -0.4 is 9.47 Å². The SMILES string of the molecule is COc1cc(C=O)ccc1OCc1cccc2cccnc12. The molecule has 3 aromatic rings. The normalized spacial score (nSPS) is 10.4. The van der Waals surface area contributed by atoms with Crippen molar-refractivity contribution in [1.29, 1.82) is 0 Å². The number of pyridine rings is 1. The van der Waals surface area contributed by atoms with Crippen molar-refractivity contribution in [2.45, 2.75) is 6.61 Å². The van der Waals surface area contributed by atoms with Crippen LogP contribution in [0, 0.1) is 0 Å². The van der Waals surface area contributed by atoms with Gasteiger partial charge >= 0.3 is 0 Å². The Morgan fingerprint density at radius 1 is 1.09 bits per heavy atom. The van der Waals surface area contributed by atoms with Crippen LogP contribution in [0.15, 0.2) is 54.7 Å². The first-order chi connectivity index (χ1) is 10.8. The lowest BCUT2D eigenvalue weighted by Crippen LogP contribution is -1.99. The van der Waals surface area contributed by atoms with E-state index in [1.54, 1.807) is 31.5 Å². The lowest BCUT2D eigenvalue weighted by atomic mass is 10.1. The summed E-state index contributed by atoms with van der Waals surface area (Å²) < 4.78 is 11.1. The highest BCUT2D eigenvalue weighted by Crippen LogP contribution is 2.29. The maximum Gasteiger partial charge on any atom is 0.161 e. The predicted octanol–water partition coefficient (Wildman–Crippen LogP) is 3.63. The van der Waals surface area contributed by atoms with E-state index in [0.29, 0.717) is 23.7 Å². The molecule has 0 saturated heterocycles. The van der Waals surface area contributed by atoms with Crippen LogP contribution in [-0.2, 0) is 6.61 Å². The summed E-state index contributed by atoms with van der Waals surface area (Å²) >= 11 is 0. The molecular weight excluding hydrogens is 278 g/mol. The molecule has 0 fully saturated rings. The fourth-order valence-corrected chi connectivity index (χ4v) is 2.32. The molecule has 0 atom stereocenters. The molecular formula is C18H15NO3. The quantitative estimate of drug-likeness (QED) is 0.674. The standard InChI is InChI=1S/C18H15NO3/c1-21-17-10-13(11-20)7-8-16(17)22-12-15-5-2-4-14-6-3-9-19-18(14)15/h2-11H,12H2,1H3. The van der Waals surface area contributed by atoms with Gasteiger partial charge in [0.1, 0.15) is 12.9 Å². The maximum absolute atomic E-state index is 10.8. The number of nitrogens with zero attached hydrogens (tertiary/aromatic N) is 1. The van der Waals surface area contributed by atoms with Crippen molar-refractivity contribution >= 4 is 17.2 Å². The summed E-state index contributed by atoms with van der Waals surface area (Å²) in [6.45, 7) is 0.380. The second-order valence-corrected chi connectivity index (χ2v) is 4.81. The summed E-state index contributed by atoms with van der Waals surface area (Å²) in [5, 5.41) is 1.08. The van der Waals surface area contributed by atoms with E-state index in [2.05, 4.69) is 4.98 Å². The highest BCUT2D eigenvalue weighted by Gasteiger charge is 2.08. The lowest BCUT2D eigenvalue weighted by Gasteiger charge is -2.12. The minimum absolute atomic E-state index is 0.380. The third-order valence-corrected chi connectivity index (χ3v) is 3.42.